The van der Waals surface area contributed by atoms with Gasteiger partial charge in [0.25, 0.3) is 0 Å². The Morgan fingerprint density at radius 3 is 2.46 bits per heavy atom. The molecule has 2 aromatic rings. The highest BCUT2D eigenvalue weighted by molar-refractivity contribution is 14.0. The first-order chi connectivity index (χ1) is 12.1. The highest BCUT2D eigenvalue weighted by Gasteiger charge is 2.38. The van der Waals surface area contributed by atoms with E-state index in [1.165, 1.54) is 24.8 Å². The Bertz CT molecular complexity index is 721. The summed E-state index contributed by atoms with van der Waals surface area (Å²) in [5.41, 5.74) is 1.66. The number of rotatable bonds is 6. The van der Waals surface area contributed by atoms with Gasteiger partial charge in [-0.3, -0.25) is 0 Å². The van der Waals surface area contributed by atoms with Gasteiger partial charge in [0, 0.05) is 25.6 Å². The molecule has 0 radical (unpaired) electrons. The molecule has 2 N–H and O–H groups in total. The number of guanidine groups is 1. The molecule has 142 valence electrons. The number of nitrogens with one attached hydrogen (secondary N) is 2. The number of hydrogen-bond donors (Lipinski definition) is 2. The van der Waals surface area contributed by atoms with Gasteiger partial charge in [-0.1, -0.05) is 36.8 Å². The van der Waals surface area contributed by atoms with E-state index in [9.17, 15) is 0 Å². The summed E-state index contributed by atoms with van der Waals surface area (Å²) in [6, 6.07) is 10.8. The molecule has 0 atom stereocenters. The maximum absolute atomic E-state index is 4.68. The summed E-state index contributed by atoms with van der Waals surface area (Å²) in [7, 11) is 1.97. The SMILES string of the molecule is CCNC(=NCc1nnc(C)n1C)NCC1(c2ccccc2)CCC1.I. The van der Waals surface area contributed by atoms with Crippen LogP contribution in [0.15, 0.2) is 35.3 Å². The van der Waals surface area contributed by atoms with Crippen LogP contribution in [0.2, 0.25) is 0 Å². The summed E-state index contributed by atoms with van der Waals surface area (Å²) < 4.78 is 1.98. The van der Waals surface area contributed by atoms with E-state index >= 15 is 0 Å². The minimum absolute atomic E-state index is 0. The average molecular weight is 468 g/mol. The molecule has 0 saturated heterocycles. The van der Waals surface area contributed by atoms with Crippen molar-refractivity contribution in [1.82, 2.24) is 25.4 Å². The van der Waals surface area contributed by atoms with E-state index in [1.54, 1.807) is 0 Å². The van der Waals surface area contributed by atoms with Crippen molar-refractivity contribution in [3.63, 3.8) is 0 Å². The molecule has 0 spiro atoms. The van der Waals surface area contributed by atoms with Gasteiger partial charge >= 0.3 is 0 Å². The van der Waals surface area contributed by atoms with Crippen LogP contribution in [0, 0.1) is 6.92 Å². The zero-order chi connectivity index (χ0) is 17.7. The van der Waals surface area contributed by atoms with Gasteiger partial charge in [0.2, 0.25) is 0 Å². The largest absolute Gasteiger partial charge is 0.357 e. The normalized spacial score (nSPS) is 15.7. The molecule has 1 aliphatic carbocycles. The fraction of sp³-hybridized carbons (Fsp3) is 0.526. The fourth-order valence-corrected chi connectivity index (χ4v) is 3.30. The van der Waals surface area contributed by atoms with E-state index in [0.717, 1.165) is 30.7 Å². The summed E-state index contributed by atoms with van der Waals surface area (Å²) in [5.74, 6) is 2.61. The van der Waals surface area contributed by atoms with Gasteiger partial charge in [0.1, 0.15) is 12.4 Å². The zero-order valence-corrected chi connectivity index (χ0v) is 18.2. The number of hydrogen-bond acceptors (Lipinski definition) is 3. The predicted octanol–water partition coefficient (Wildman–Crippen LogP) is 2.92. The van der Waals surface area contributed by atoms with E-state index in [1.807, 2.05) is 18.5 Å². The molecule has 1 aromatic heterocycles. The Labute approximate surface area is 172 Å². The topological polar surface area (TPSA) is 67.1 Å². The third-order valence-electron chi connectivity index (χ3n) is 5.20. The summed E-state index contributed by atoms with van der Waals surface area (Å²) in [6.45, 7) is 6.29. The molecule has 0 amide bonds. The minimum atomic E-state index is 0. The third kappa shape index (κ3) is 4.55. The molecule has 1 fully saturated rings. The fourth-order valence-electron chi connectivity index (χ4n) is 3.30. The van der Waals surface area contributed by atoms with Crippen molar-refractivity contribution in [2.45, 2.75) is 45.1 Å². The van der Waals surface area contributed by atoms with Crippen molar-refractivity contribution in [1.29, 1.82) is 0 Å². The van der Waals surface area contributed by atoms with Crippen molar-refractivity contribution < 1.29 is 0 Å². The second kappa shape index (κ2) is 9.34. The lowest BCUT2D eigenvalue weighted by molar-refractivity contribution is 0.244. The highest BCUT2D eigenvalue weighted by Crippen LogP contribution is 2.43. The summed E-state index contributed by atoms with van der Waals surface area (Å²) in [6.07, 6.45) is 3.75. The summed E-state index contributed by atoms with van der Waals surface area (Å²) in [5, 5.41) is 15.1. The van der Waals surface area contributed by atoms with Crippen LogP contribution in [0.1, 0.15) is 43.4 Å². The van der Waals surface area contributed by atoms with Crippen molar-refractivity contribution in [3.05, 3.63) is 47.5 Å². The summed E-state index contributed by atoms with van der Waals surface area (Å²) >= 11 is 0. The van der Waals surface area contributed by atoms with E-state index < -0.39 is 0 Å². The first-order valence-electron chi connectivity index (χ1n) is 9.07. The van der Waals surface area contributed by atoms with Crippen LogP contribution < -0.4 is 10.6 Å². The lowest BCUT2D eigenvalue weighted by Crippen LogP contribution is -2.48. The molecule has 1 aliphatic rings. The number of halogens is 1. The van der Waals surface area contributed by atoms with E-state index in [2.05, 4.69) is 63.1 Å². The predicted molar refractivity (Wildman–Crippen MR) is 116 cm³/mol. The Kier molecular flexibility index (Phi) is 7.43. The van der Waals surface area contributed by atoms with Crippen LogP contribution in [0.25, 0.3) is 0 Å². The first-order valence-corrected chi connectivity index (χ1v) is 9.07. The van der Waals surface area contributed by atoms with Gasteiger partial charge in [-0.15, -0.1) is 34.2 Å². The molecule has 26 heavy (non-hydrogen) atoms. The van der Waals surface area contributed by atoms with Gasteiger partial charge in [-0.2, -0.15) is 0 Å². The number of nitrogens with zero attached hydrogens (tertiary/aromatic N) is 4. The van der Waals surface area contributed by atoms with E-state index in [-0.39, 0.29) is 29.4 Å². The Morgan fingerprint density at radius 2 is 1.92 bits per heavy atom. The van der Waals surface area contributed by atoms with Crippen LogP contribution >= 0.6 is 24.0 Å². The Hall–Kier alpha value is -1.64. The van der Waals surface area contributed by atoms with Gasteiger partial charge < -0.3 is 15.2 Å². The molecule has 1 heterocycles. The second-order valence-corrected chi connectivity index (χ2v) is 6.77. The molecule has 1 saturated carbocycles. The molecule has 7 heteroatoms. The third-order valence-corrected chi connectivity index (χ3v) is 5.20. The molecule has 0 bridgehead atoms. The van der Waals surface area contributed by atoms with E-state index in [4.69, 9.17) is 0 Å². The average Bonchev–Trinajstić information content (AvgIpc) is 2.91. The minimum Gasteiger partial charge on any atom is -0.357 e. The standard InChI is InChI=1S/C19H28N6.HI/c1-4-20-18(21-13-17-24-23-15(2)25(17)3)22-14-19(11-8-12-19)16-9-6-5-7-10-16;/h5-7,9-10H,4,8,11-14H2,1-3H3,(H2,20,21,22);1H. The van der Waals surface area contributed by atoms with Crippen molar-refractivity contribution in [2.75, 3.05) is 13.1 Å². The number of aromatic nitrogens is 3. The smallest absolute Gasteiger partial charge is 0.191 e. The molecular formula is C19H29IN6. The van der Waals surface area contributed by atoms with Crippen LogP contribution in [0.4, 0.5) is 0 Å². The lowest BCUT2D eigenvalue weighted by Gasteiger charge is -2.43. The molecule has 1 aromatic carbocycles. The quantitative estimate of drug-likeness (QED) is 0.389. The van der Waals surface area contributed by atoms with Gasteiger partial charge in [-0.05, 0) is 32.3 Å². The van der Waals surface area contributed by atoms with Gasteiger partial charge in [0.05, 0.1) is 0 Å². The Balaban J connectivity index is 0.00000243. The van der Waals surface area contributed by atoms with Crippen molar-refractivity contribution in [2.24, 2.45) is 12.0 Å². The van der Waals surface area contributed by atoms with Crippen molar-refractivity contribution >= 4 is 29.9 Å². The maximum atomic E-state index is 4.68. The number of aryl methyl sites for hydroxylation is 1. The van der Waals surface area contributed by atoms with Gasteiger partial charge in [0.15, 0.2) is 11.8 Å². The molecule has 0 unspecified atom stereocenters. The zero-order valence-electron chi connectivity index (χ0n) is 15.8. The van der Waals surface area contributed by atoms with Gasteiger partial charge in [-0.25, -0.2) is 4.99 Å². The molecule has 0 aliphatic heterocycles. The molecule has 6 nitrogen and oxygen atoms in total. The summed E-state index contributed by atoms with van der Waals surface area (Å²) in [4.78, 5) is 4.68. The second-order valence-electron chi connectivity index (χ2n) is 6.77. The Morgan fingerprint density at radius 1 is 1.19 bits per heavy atom. The maximum Gasteiger partial charge on any atom is 0.191 e. The molecular weight excluding hydrogens is 439 g/mol. The van der Waals surface area contributed by atoms with E-state index in [0.29, 0.717) is 6.54 Å². The van der Waals surface area contributed by atoms with Crippen LogP contribution in [0.3, 0.4) is 0 Å². The number of benzene rings is 1. The van der Waals surface area contributed by atoms with Crippen LogP contribution in [-0.4, -0.2) is 33.8 Å². The first kappa shape index (κ1) is 20.7. The lowest BCUT2D eigenvalue weighted by atomic mass is 9.64. The van der Waals surface area contributed by atoms with Crippen molar-refractivity contribution in [3.8, 4) is 0 Å². The van der Waals surface area contributed by atoms with Crippen LogP contribution in [0.5, 0.6) is 0 Å². The van der Waals surface area contributed by atoms with Crippen LogP contribution in [-0.2, 0) is 19.0 Å². The number of aliphatic imine (C=N–C) groups is 1. The molecule has 3 rings (SSSR count). The monoisotopic (exact) mass is 468 g/mol. The highest BCUT2D eigenvalue weighted by atomic mass is 127.